The van der Waals surface area contributed by atoms with Crippen LogP contribution in [-0.2, 0) is 6.54 Å². The third-order valence-electron chi connectivity index (χ3n) is 3.85. The minimum absolute atomic E-state index is 0.105. The molecule has 1 aliphatic rings. The molecule has 0 fully saturated rings. The Morgan fingerprint density at radius 3 is 2.65 bits per heavy atom. The van der Waals surface area contributed by atoms with Crippen molar-refractivity contribution >= 4 is 17.5 Å². The summed E-state index contributed by atoms with van der Waals surface area (Å²) in [7, 11) is 0. The molecule has 0 radical (unpaired) electrons. The lowest BCUT2D eigenvalue weighted by Crippen LogP contribution is -2.26. The second kappa shape index (κ2) is 6.20. The first-order chi connectivity index (χ1) is 11.1. The summed E-state index contributed by atoms with van der Waals surface area (Å²) in [5, 5.41) is 2.71. The third-order valence-corrected chi connectivity index (χ3v) is 3.85. The standard InChI is InChI=1S/C18H17FN2O2/c1-2-10-21-11-12-4-3-5-15(16(12)18(21)23)17(22)20-14-8-6-13(19)7-9-14/h3-9H,2,10-11H2,1H3,(H,20,22). The van der Waals surface area contributed by atoms with Crippen molar-refractivity contribution < 1.29 is 14.0 Å². The number of carbonyl (C=O) groups is 2. The highest BCUT2D eigenvalue weighted by molar-refractivity contribution is 6.13. The molecular formula is C18H17FN2O2. The van der Waals surface area contributed by atoms with Crippen LogP contribution in [-0.4, -0.2) is 23.3 Å². The Labute approximate surface area is 133 Å². The molecule has 0 bridgehead atoms. The molecule has 0 atom stereocenters. The fourth-order valence-electron chi connectivity index (χ4n) is 2.79. The van der Waals surface area contributed by atoms with Gasteiger partial charge < -0.3 is 10.2 Å². The maximum atomic E-state index is 12.9. The van der Waals surface area contributed by atoms with Crippen LogP contribution in [0, 0.1) is 5.82 Å². The fraction of sp³-hybridized carbons (Fsp3) is 0.222. The van der Waals surface area contributed by atoms with E-state index in [0.717, 1.165) is 12.0 Å². The molecule has 118 valence electrons. The van der Waals surface area contributed by atoms with Gasteiger partial charge in [-0.1, -0.05) is 19.1 Å². The molecule has 1 aliphatic heterocycles. The minimum Gasteiger partial charge on any atom is -0.334 e. The average molecular weight is 312 g/mol. The molecule has 2 aromatic carbocycles. The Bertz CT molecular complexity index is 756. The van der Waals surface area contributed by atoms with Crippen LogP contribution in [0.2, 0.25) is 0 Å². The van der Waals surface area contributed by atoms with E-state index in [4.69, 9.17) is 0 Å². The number of nitrogens with zero attached hydrogens (tertiary/aromatic N) is 1. The normalized spacial score (nSPS) is 13.1. The fourth-order valence-corrected chi connectivity index (χ4v) is 2.79. The topological polar surface area (TPSA) is 49.4 Å². The van der Waals surface area contributed by atoms with Crippen molar-refractivity contribution in [2.45, 2.75) is 19.9 Å². The van der Waals surface area contributed by atoms with E-state index in [9.17, 15) is 14.0 Å². The molecule has 2 aromatic rings. The van der Waals surface area contributed by atoms with E-state index in [-0.39, 0.29) is 17.6 Å². The second-order valence-electron chi connectivity index (χ2n) is 5.53. The van der Waals surface area contributed by atoms with E-state index >= 15 is 0 Å². The molecule has 2 amide bonds. The molecule has 1 heterocycles. The summed E-state index contributed by atoms with van der Waals surface area (Å²) >= 11 is 0. The molecule has 0 spiro atoms. The third kappa shape index (κ3) is 2.95. The summed E-state index contributed by atoms with van der Waals surface area (Å²) in [5.41, 5.74) is 2.19. The lowest BCUT2D eigenvalue weighted by Gasteiger charge is -2.13. The zero-order valence-corrected chi connectivity index (χ0v) is 12.8. The van der Waals surface area contributed by atoms with Gasteiger partial charge in [0, 0.05) is 18.8 Å². The van der Waals surface area contributed by atoms with E-state index in [1.54, 1.807) is 17.0 Å². The Balaban J connectivity index is 1.87. The van der Waals surface area contributed by atoms with Crippen LogP contribution in [0.15, 0.2) is 42.5 Å². The number of anilines is 1. The summed E-state index contributed by atoms with van der Waals surface area (Å²) in [5.74, 6) is -0.833. The van der Waals surface area contributed by atoms with Crippen molar-refractivity contribution in [1.82, 2.24) is 4.90 Å². The average Bonchev–Trinajstić information content (AvgIpc) is 2.86. The van der Waals surface area contributed by atoms with Gasteiger partial charge in [-0.3, -0.25) is 9.59 Å². The number of hydrogen-bond donors (Lipinski definition) is 1. The van der Waals surface area contributed by atoms with Gasteiger partial charge in [0.25, 0.3) is 11.8 Å². The van der Waals surface area contributed by atoms with Gasteiger partial charge in [0.1, 0.15) is 5.82 Å². The lowest BCUT2D eigenvalue weighted by atomic mass is 10.0. The van der Waals surface area contributed by atoms with E-state index in [1.807, 2.05) is 13.0 Å². The first-order valence-electron chi connectivity index (χ1n) is 7.58. The zero-order valence-electron chi connectivity index (χ0n) is 12.8. The predicted octanol–water partition coefficient (Wildman–Crippen LogP) is 3.44. The summed E-state index contributed by atoms with van der Waals surface area (Å²) in [4.78, 5) is 26.7. The molecule has 0 aromatic heterocycles. The minimum atomic E-state index is -0.367. The van der Waals surface area contributed by atoms with Crippen LogP contribution < -0.4 is 5.32 Å². The van der Waals surface area contributed by atoms with Crippen LogP contribution in [0.25, 0.3) is 0 Å². The second-order valence-corrected chi connectivity index (χ2v) is 5.53. The number of nitrogens with one attached hydrogen (secondary N) is 1. The van der Waals surface area contributed by atoms with Gasteiger partial charge in [-0.25, -0.2) is 4.39 Å². The van der Waals surface area contributed by atoms with Gasteiger partial charge in [-0.05, 0) is 42.3 Å². The molecule has 1 N–H and O–H groups in total. The monoisotopic (exact) mass is 312 g/mol. The summed E-state index contributed by atoms with van der Waals surface area (Å²) in [6.07, 6.45) is 0.872. The van der Waals surface area contributed by atoms with Gasteiger partial charge in [-0.15, -0.1) is 0 Å². The van der Waals surface area contributed by atoms with Crippen LogP contribution in [0.4, 0.5) is 10.1 Å². The number of hydrogen-bond acceptors (Lipinski definition) is 2. The van der Waals surface area contributed by atoms with E-state index < -0.39 is 0 Å². The van der Waals surface area contributed by atoms with Crippen LogP contribution >= 0.6 is 0 Å². The molecule has 4 nitrogen and oxygen atoms in total. The van der Waals surface area contributed by atoms with Crippen LogP contribution in [0.1, 0.15) is 39.6 Å². The molecule has 0 saturated heterocycles. The Morgan fingerprint density at radius 2 is 1.96 bits per heavy atom. The Kier molecular flexibility index (Phi) is 4.10. The van der Waals surface area contributed by atoms with Gasteiger partial charge in [0.05, 0.1) is 11.1 Å². The molecule has 5 heteroatoms. The van der Waals surface area contributed by atoms with Crippen molar-refractivity contribution in [2.24, 2.45) is 0 Å². The number of benzene rings is 2. The van der Waals surface area contributed by atoms with Crippen LogP contribution in [0.3, 0.4) is 0 Å². The molecule has 0 unspecified atom stereocenters. The zero-order chi connectivity index (χ0) is 16.4. The molecule has 0 aliphatic carbocycles. The van der Waals surface area contributed by atoms with Crippen molar-refractivity contribution in [1.29, 1.82) is 0 Å². The highest BCUT2D eigenvalue weighted by Crippen LogP contribution is 2.26. The SMILES string of the molecule is CCCN1Cc2cccc(C(=O)Nc3ccc(F)cc3)c2C1=O. The van der Waals surface area contributed by atoms with Crippen molar-refractivity contribution in [3.8, 4) is 0 Å². The van der Waals surface area contributed by atoms with Crippen LogP contribution in [0.5, 0.6) is 0 Å². The lowest BCUT2D eigenvalue weighted by molar-refractivity contribution is 0.0774. The number of amides is 2. The van der Waals surface area contributed by atoms with E-state index in [0.29, 0.717) is 29.9 Å². The maximum absolute atomic E-state index is 12.9. The van der Waals surface area contributed by atoms with Gasteiger partial charge in [0.15, 0.2) is 0 Å². The molecule has 23 heavy (non-hydrogen) atoms. The summed E-state index contributed by atoms with van der Waals surface area (Å²) < 4.78 is 12.9. The first-order valence-corrected chi connectivity index (χ1v) is 7.58. The predicted molar refractivity (Wildman–Crippen MR) is 85.8 cm³/mol. The smallest absolute Gasteiger partial charge is 0.256 e. The first kappa shape index (κ1) is 15.2. The Morgan fingerprint density at radius 1 is 1.22 bits per heavy atom. The van der Waals surface area contributed by atoms with Crippen molar-refractivity contribution in [3.63, 3.8) is 0 Å². The number of fused-ring (bicyclic) bond motifs is 1. The van der Waals surface area contributed by atoms with Gasteiger partial charge in [0.2, 0.25) is 0 Å². The van der Waals surface area contributed by atoms with E-state index in [1.165, 1.54) is 24.3 Å². The van der Waals surface area contributed by atoms with E-state index in [2.05, 4.69) is 5.32 Å². The summed E-state index contributed by atoms with van der Waals surface area (Å²) in [6.45, 7) is 3.23. The van der Waals surface area contributed by atoms with Gasteiger partial charge in [-0.2, -0.15) is 0 Å². The van der Waals surface area contributed by atoms with Crippen molar-refractivity contribution in [2.75, 3.05) is 11.9 Å². The molecular weight excluding hydrogens is 295 g/mol. The largest absolute Gasteiger partial charge is 0.334 e. The number of rotatable bonds is 4. The van der Waals surface area contributed by atoms with Gasteiger partial charge >= 0.3 is 0 Å². The Hall–Kier alpha value is -2.69. The number of halogens is 1. The van der Waals surface area contributed by atoms with Crippen molar-refractivity contribution in [3.05, 3.63) is 65.0 Å². The maximum Gasteiger partial charge on any atom is 0.256 e. The highest BCUT2D eigenvalue weighted by atomic mass is 19.1. The summed E-state index contributed by atoms with van der Waals surface area (Å²) in [6, 6.07) is 10.8. The molecule has 3 rings (SSSR count). The number of carbonyl (C=O) groups excluding carboxylic acids is 2. The molecule has 0 saturated carbocycles. The highest BCUT2D eigenvalue weighted by Gasteiger charge is 2.31. The quantitative estimate of drug-likeness (QED) is 0.940.